The molecule has 4 rings (SSSR count). The Morgan fingerprint density at radius 2 is 2.21 bits per heavy atom. The highest BCUT2D eigenvalue weighted by Crippen LogP contribution is 2.56. The molecular weight excluding hydrogens is 322 g/mol. The zero-order valence-electron chi connectivity index (χ0n) is 13.4. The number of amides is 1. The van der Waals surface area contributed by atoms with Gasteiger partial charge in [0.25, 0.3) is 5.91 Å². The van der Waals surface area contributed by atoms with Crippen LogP contribution in [0.5, 0.6) is 0 Å². The third-order valence-corrected chi connectivity index (χ3v) is 5.29. The Morgan fingerprint density at radius 3 is 2.83 bits per heavy atom. The first kappa shape index (κ1) is 15.0. The Labute approximate surface area is 143 Å². The molecule has 1 amide bonds. The highest BCUT2D eigenvalue weighted by Gasteiger charge is 2.48. The van der Waals surface area contributed by atoms with Gasteiger partial charge in [0.15, 0.2) is 5.82 Å². The summed E-state index contributed by atoms with van der Waals surface area (Å²) in [6.07, 6.45) is 4.39. The Kier molecular flexibility index (Phi) is 3.28. The summed E-state index contributed by atoms with van der Waals surface area (Å²) in [5.41, 5.74) is 8.58. The van der Waals surface area contributed by atoms with Gasteiger partial charge in [-0.1, -0.05) is 13.8 Å². The minimum Gasteiger partial charge on any atom is -0.364 e. The number of carbonyl (C=O) groups is 1. The van der Waals surface area contributed by atoms with E-state index in [9.17, 15) is 4.79 Å². The van der Waals surface area contributed by atoms with Crippen molar-refractivity contribution in [2.75, 3.05) is 0 Å². The smallest absolute Gasteiger partial charge is 0.268 e. The lowest BCUT2D eigenvalue weighted by atomic mass is 10.00. The fourth-order valence-electron chi connectivity index (χ4n) is 3.10. The predicted molar refractivity (Wildman–Crippen MR) is 92.5 cm³/mol. The molecule has 7 heteroatoms. The highest BCUT2D eigenvalue weighted by atomic mass is 32.1. The summed E-state index contributed by atoms with van der Waals surface area (Å²) in [4.78, 5) is 16.2. The largest absolute Gasteiger partial charge is 0.364 e. The Hall–Kier alpha value is -2.54. The fourth-order valence-corrected chi connectivity index (χ4v) is 3.75. The molecule has 1 unspecified atom stereocenters. The zero-order chi connectivity index (χ0) is 16.9. The summed E-state index contributed by atoms with van der Waals surface area (Å²) in [5, 5.41) is 12.4. The van der Waals surface area contributed by atoms with Crippen molar-refractivity contribution in [3.8, 4) is 22.5 Å². The quantitative estimate of drug-likeness (QED) is 0.791. The van der Waals surface area contributed by atoms with Gasteiger partial charge >= 0.3 is 0 Å². The second-order valence-electron chi connectivity index (χ2n) is 6.73. The van der Waals surface area contributed by atoms with Crippen molar-refractivity contribution in [3.05, 3.63) is 41.1 Å². The normalized spacial score (nSPS) is 18.5. The number of aromatic nitrogens is 4. The van der Waals surface area contributed by atoms with Gasteiger partial charge in [-0.15, -0.1) is 10.2 Å². The van der Waals surface area contributed by atoms with Crippen molar-refractivity contribution in [1.29, 1.82) is 0 Å². The number of hydrogen-bond acceptors (Lipinski definition) is 5. The molecule has 0 aliphatic heterocycles. The number of pyridine rings is 1. The Morgan fingerprint density at radius 1 is 1.42 bits per heavy atom. The monoisotopic (exact) mass is 339 g/mol. The Balaban J connectivity index is 1.95. The van der Waals surface area contributed by atoms with Crippen LogP contribution < -0.4 is 5.73 Å². The second kappa shape index (κ2) is 5.24. The average molecular weight is 339 g/mol. The van der Waals surface area contributed by atoms with Gasteiger partial charge in [-0.25, -0.2) is 0 Å². The van der Waals surface area contributed by atoms with Gasteiger partial charge in [0, 0.05) is 12.2 Å². The van der Waals surface area contributed by atoms with E-state index >= 15 is 0 Å². The molecule has 0 saturated heterocycles. The van der Waals surface area contributed by atoms with Crippen LogP contribution in [-0.4, -0.2) is 25.7 Å². The fraction of sp³-hybridized carbons (Fsp3) is 0.294. The van der Waals surface area contributed by atoms with Crippen LogP contribution in [0.1, 0.15) is 36.8 Å². The number of hydrogen-bond donors (Lipinski definition) is 1. The molecule has 1 aliphatic rings. The second-order valence-corrected chi connectivity index (χ2v) is 7.51. The maximum atomic E-state index is 12.0. The molecule has 3 aromatic heterocycles. The minimum atomic E-state index is -0.563. The molecule has 6 nitrogen and oxygen atoms in total. The average Bonchev–Trinajstić information content (AvgIpc) is 3.00. The van der Waals surface area contributed by atoms with Crippen molar-refractivity contribution in [2.45, 2.75) is 26.3 Å². The van der Waals surface area contributed by atoms with Crippen LogP contribution in [0.15, 0.2) is 35.4 Å². The summed E-state index contributed by atoms with van der Waals surface area (Å²) in [7, 11) is 0. The molecule has 0 spiro atoms. The van der Waals surface area contributed by atoms with Gasteiger partial charge in [0.2, 0.25) is 0 Å². The molecule has 3 aromatic rings. The minimum absolute atomic E-state index is 0.203. The van der Waals surface area contributed by atoms with E-state index in [0.717, 1.165) is 17.5 Å². The van der Waals surface area contributed by atoms with Crippen molar-refractivity contribution in [1.82, 2.24) is 19.7 Å². The molecule has 2 N–H and O–H groups in total. The van der Waals surface area contributed by atoms with Crippen LogP contribution in [-0.2, 0) is 0 Å². The van der Waals surface area contributed by atoms with E-state index in [-0.39, 0.29) is 11.1 Å². The predicted octanol–water partition coefficient (Wildman–Crippen LogP) is 3.14. The summed E-state index contributed by atoms with van der Waals surface area (Å²) >= 11 is 1.60. The van der Waals surface area contributed by atoms with Crippen molar-refractivity contribution in [2.24, 2.45) is 11.1 Å². The van der Waals surface area contributed by atoms with E-state index in [2.05, 4.69) is 29.0 Å². The van der Waals surface area contributed by atoms with Crippen LogP contribution in [0.2, 0.25) is 0 Å². The topological polar surface area (TPSA) is 86.7 Å². The molecule has 3 heterocycles. The molecule has 1 saturated carbocycles. The van der Waals surface area contributed by atoms with Crippen LogP contribution >= 0.6 is 11.3 Å². The standard InChI is InChI=1S/C17H17N5OS/c1-17(2)7-12(17)22-9-20-21-16(22)13-11(10-4-6-24-8-10)3-5-19-14(13)15(18)23/h3-6,8-9,12H,7H2,1-2H3,(H2,18,23). The number of nitrogens with two attached hydrogens (primary N) is 1. The van der Waals surface area contributed by atoms with Crippen molar-refractivity contribution < 1.29 is 4.79 Å². The van der Waals surface area contributed by atoms with Crippen molar-refractivity contribution >= 4 is 17.2 Å². The van der Waals surface area contributed by atoms with E-state index < -0.39 is 5.91 Å². The molecule has 0 bridgehead atoms. The van der Waals surface area contributed by atoms with E-state index in [1.54, 1.807) is 23.9 Å². The van der Waals surface area contributed by atoms with Gasteiger partial charge in [0.05, 0.1) is 5.56 Å². The van der Waals surface area contributed by atoms with Crippen LogP contribution in [0, 0.1) is 5.41 Å². The first-order valence-corrected chi connectivity index (χ1v) is 8.64. The molecule has 122 valence electrons. The first-order chi connectivity index (χ1) is 11.5. The molecule has 0 radical (unpaired) electrons. The number of primary amides is 1. The van der Waals surface area contributed by atoms with Crippen LogP contribution in [0.3, 0.4) is 0 Å². The molecule has 1 fully saturated rings. The van der Waals surface area contributed by atoms with E-state index in [1.807, 2.05) is 27.5 Å². The lowest BCUT2D eigenvalue weighted by Crippen LogP contribution is -2.16. The zero-order valence-corrected chi connectivity index (χ0v) is 14.2. The summed E-state index contributed by atoms with van der Waals surface area (Å²) in [6, 6.07) is 4.22. The lowest BCUT2D eigenvalue weighted by molar-refractivity contribution is 0.0996. The van der Waals surface area contributed by atoms with Gasteiger partial charge in [0.1, 0.15) is 12.0 Å². The van der Waals surface area contributed by atoms with E-state index in [1.165, 1.54) is 0 Å². The number of nitrogens with zero attached hydrogens (tertiary/aromatic N) is 4. The third-order valence-electron chi connectivity index (χ3n) is 4.61. The summed E-state index contributed by atoms with van der Waals surface area (Å²) in [5.74, 6) is 0.0837. The molecular formula is C17H17N5OS. The van der Waals surface area contributed by atoms with Gasteiger partial charge in [-0.2, -0.15) is 11.3 Å². The number of carbonyl (C=O) groups excluding carboxylic acids is 1. The maximum Gasteiger partial charge on any atom is 0.268 e. The van der Waals surface area contributed by atoms with Crippen molar-refractivity contribution in [3.63, 3.8) is 0 Å². The van der Waals surface area contributed by atoms with Crippen LogP contribution in [0.25, 0.3) is 22.5 Å². The molecule has 1 aliphatic carbocycles. The van der Waals surface area contributed by atoms with Gasteiger partial charge in [-0.3, -0.25) is 9.78 Å². The third kappa shape index (κ3) is 2.32. The van der Waals surface area contributed by atoms with Gasteiger partial charge in [-0.05, 0) is 45.9 Å². The number of thiophene rings is 1. The van der Waals surface area contributed by atoms with E-state index in [0.29, 0.717) is 17.4 Å². The number of rotatable bonds is 4. The lowest BCUT2D eigenvalue weighted by Gasteiger charge is -2.13. The molecule has 24 heavy (non-hydrogen) atoms. The maximum absolute atomic E-state index is 12.0. The van der Waals surface area contributed by atoms with E-state index in [4.69, 9.17) is 5.73 Å². The summed E-state index contributed by atoms with van der Waals surface area (Å²) in [6.45, 7) is 4.42. The molecule has 0 aromatic carbocycles. The molecule has 1 atom stereocenters. The van der Waals surface area contributed by atoms with Gasteiger partial charge < -0.3 is 10.3 Å². The first-order valence-electron chi connectivity index (χ1n) is 7.70. The Bertz CT molecular complexity index is 913. The summed E-state index contributed by atoms with van der Waals surface area (Å²) < 4.78 is 2.04. The van der Waals surface area contributed by atoms with Crippen LogP contribution in [0.4, 0.5) is 0 Å². The highest BCUT2D eigenvalue weighted by molar-refractivity contribution is 7.08. The SMILES string of the molecule is CC1(C)CC1n1cnnc1-c1c(-c2ccsc2)ccnc1C(N)=O.